The minimum Gasteiger partial charge on any atom is -0.481 e. The molecule has 25 heavy (non-hydrogen) atoms. The molecule has 1 saturated carbocycles. The van der Waals surface area contributed by atoms with Crippen molar-refractivity contribution < 1.29 is 19.5 Å². The maximum Gasteiger partial charge on any atom is 0.303 e. The van der Waals surface area contributed by atoms with Crippen molar-refractivity contribution in [1.82, 2.24) is 4.90 Å². The number of carboxylic acids is 1. The summed E-state index contributed by atoms with van der Waals surface area (Å²) in [6, 6.07) is 7.22. The van der Waals surface area contributed by atoms with Crippen molar-refractivity contribution in [3.05, 3.63) is 29.8 Å². The van der Waals surface area contributed by atoms with Crippen LogP contribution in [0.5, 0.6) is 0 Å². The predicted molar refractivity (Wildman–Crippen MR) is 95.5 cm³/mol. The summed E-state index contributed by atoms with van der Waals surface area (Å²) < 4.78 is 0. The van der Waals surface area contributed by atoms with Gasteiger partial charge in [-0.25, -0.2) is 0 Å². The van der Waals surface area contributed by atoms with Crippen molar-refractivity contribution in [3.63, 3.8) is 0 Å². The van der Waals surface area contributed by atoms with Crippen molar-refractivity contribution in [2.45, 2.75) is 57.4 Å². The van der Waals surface area contributed by atoms with Gasteiger partial charge in [0.25, 0.3) is 5.91 Å². The minimum atomic E-state index is -0.919. The van der Waals surface area contributed by atoms with Crippen LogP contribution in [0.25, 0.3) is 0 Å². The van der Waals surface area contributed by atoms with Crippen LogP contribution in [-0.4, -0.2) is 40.9 Å². The van der Waals surface area contributed by atoms with E-state index < -0.39 is 5.97 Å². The highest BCUT2D eigenvalue weighted by Gasteiger charge is 2.24. The van der Waals surface area contributed by atoms with Crippen molar-refractivity contribution in [2.24, 2.45) is 0 Å². The second-order valence-electron chi connectivity index (χ2n) is 6.55. The second kappa shape index (κ2) is 9.20. The zero-order valence-electron chi connectivity index (χ0n) is 14.7. The molecule has 1 aliphatic carbocycles. The third-order valence-corrected chi connectivity index (χ3v) is 4.67. The number of carbonyl (C=O) groups excluding carboxylic acids is 2. The lowest BCUT2D eigenvalue weighted by molar-refractivity contribution is -0.137. The Hall–Kier alpha value is -2.37. The summed E-state index contributed by atoms with van der Waals surface area (Å²) in [7, 11) is 1.82. The van der Waals surface area contributed by atoms with E-state index in [1.54, 1.807) is 29.2 Å². The molecule has 0 heterocycles. The lowest BCUT2D eigenvalue weighted by atomic mass is 9.94. The van der Waals surface area contributed by atoms with Crippen LogP contribution in [-0.2, 0) is 9.59 Å². The van der Waals surface area contributed by atoms with Gasteiger partial charge in [-0.2, -0.15) is 0 Å². The SMILES string of the molecule is CN(C(=O)c1ccccc1NC(=O)CCCC(=O)O)C1CCCCC1. The normalized spacial score (nSPS) is 14.8. The van der Waals surface area contributed by atoms with E-state index in [2.05, 4.69) is 5.32 Å². The summed E-state index contributed by atoms with van der Waals surface area (Å²) in [4.78, 5) is 37.2. The molecule has 0 bridgehead atoms. The van der Waals surface area contributed by atoms with E-state index in [0.717, 1.165) is 25.7 Å². The Morgan fingerprint density at radius 1 is 1.12 bits per heavy atom. The Kier molecular flexibility index (Phi) is 6.98. The molecule has 2 amide bonds. The lowest BCUT2D eigenvalue weighted by Gasteiger charge is -2.31. The van der Waals surface area contributed by atoms with Crippen molar-refractivity contribution >= 4 is 23.5 Å². The first-order valence-corrected chi connectivity index (χ1v) is 8.87. The molecule has 6 nitrogen and oxygen atoms in total. The zero-order chi connectivity index (χ0) is 18.2. The monoisotopic (exact) mass is 346 g/mol. The third kappa shape index (κ3) is 5.59. The van der Waals surface area contributed by atoms with Gasteiger partial charge in [0, 0.05) is 25.9 Å². The van der Waals surface area contributed by atoms with E-state index in [-0.39, 0.29) is 37.1 Å². The maximum atomic E-state index is 12.8. The van der Waals surface area contributed by atoms with Gasteiger partial charge in [-0.05, 0) is 31.4 Å². The average Bonchev–Trinajstić information content (AvgIpc) is 2.61. The number of rotatable bonds is 7. The summed E-state index contributed by atoms with van der Waals surface area (Å²) in [6.45, 7) is 0. The fourth-order valence-corrected chi connectivity index (χ4v) is 3.22. The van der Waals surface area contributed by atoms with Gasteiger partial charge in [0.05, 0.1) is 11.3 Å². The predicted octanol–water partition coefficient (Wildman–Crippen LogP) is 3.28. The quantitative estimate of drug-likeness (QED) is 0.793. The van der Waals surface area contributed by atoms with Crippen LogP contribution in [0.4, 0.5) is 5.69 Å². The standard InChI is InChI=1S/C19H26N2O4/c1-21(14-8-3-2-4-9-14)19(25)15-10-5-6-11-16(15)20-17(22)12-7-13-18(23)24/h5-6,10-11,14H,2-4,7-9,12-13H2,1H3,(H,20,22)(H,23,24). The first-order chi connectivity index (χ1) is 12.0. The fourth-order valence-electron chi connectivity index (χ4n) is 3.22. The van der Waals surface area contributed by atoms with E-state index in [0.29, 0.717) is 11.3 Å². The topological polar surface area (TPSA) is 86.7 Å². The van der Waals surface area contributed by atoms with Crippen LogP contribution >= 0.6 is 0 Å². The highest BCUT2D eigenvalue weighted by atomic mass is 16.4. The summed E-state index contributed by atoms with van der Waals surface area (Å²) in [5.74, 6) is -1.28. The van der Waals surface area contributed by atoms with Gasteiger partial charge >= 0.3 is 5.97 Å². The van der Waals surface area contributed by atoms with Crippen LogP contribution in [0.1, 0.15) is 61.7 Å². The first-order valence-electron chi connectivity index (χ1n) is 8.87. The smallest absolute Gasteiger partial charge is 0.303 e. The molecule has 6 heteroatoms. The van der Waals surface area contributed by atoms with Crippen molar-refractivity contribution in [3.8, 4) is 0 Å². The molecule has 0 aliphatic heterocycles. The van der Waals surface area contributed by atoms with Gasteiger partial charge in [-0.15, -0.1) is 0 Å². The number of hydrogen-bond donors (Lipinski definition) is 2. The molecule has 1 aliphatic rings. The summed E-state index contributed by atoms with van der Waals surface area (Å²) in [6.07, 6.45) is 5.90. The van der Waals surface area contributed by atoms with Crippen LogP contribution in [0, 0.1) is 0 Å². The molecule has 1 aromatic carbocycles. The van der Waals surface area contributed by atoms with E-state index in [1.807, 2.05) is 7.05 Å². The van der Waals surface area contributed by atoms with Gasteiger partial charge in [0.1, 0.15) is 0 Å². The van der Waals surface area contributed by atoms with Crippen LogP contribution < -0.4 is 5.32 Å². The zero-order valence-corrected chi connectivity index (χ0v) is 14.7. The third-order valence-electron chi connectivity index (χ3n) is 4.67. The largest absolute Gasteiger partial charge is 0.481 e. The number of amides is 2. The Bertz CT molecular complexity index is 624. The van der Waals surface area contributed by atoms with Gasteiger partial charge in [0.15, 0.2) is 0 Å². The Balaban J connectivity index is 2.02. The van der Waals surface area contributed by atoms with E-state index >= 15 is 0 Å². The average molecular weight is 346 g/mol. The number of nitrogens with zero attached hydrogens (tertiary/aromatic N) is 1. The molecule has 1 fully saturated rings. The molecular weight excluding hydrogens is 320 g/mol. The maximum absolute atomic E-state index is 12.8. The van der Waals surface area contributed by atoms with Gasteiger partial charge in [0.2, 0.25) is 5.91 Å². The number of para-hydroxylation sites is 1. The molecule has 136 valence electrons. The van der Waals surface area contributed by atoms with Gasteiger partial charge in [-0.3, -0.25) is 14.4 Å². The summed E-state index contributed by atoms with van der Waals surface area (Å²) in [5, 5.41) is 11.4. The number of carboxylic acid groups (broad SMARTS) is 1. The molecule has 0 spiro atoms. The van der Waals surface area contributed by atoms with Gasteiger partial charge < -0.3 is 15.3 Å². The molecule has 0 unspecified atom stereocenters. The molecular formula is C19H26N2O4. The Morgan fingerprint density at radius 3 is 2.48 bits per heavy atom. The Morgan fingerprint density at radius 2 is 1.80 bits per heavy atom. The number of carbonyl (C=O) groups is 3. The first kappa shape index (κ1) is 19.0. The number of nitrogens with one attached hydrogen (secondary N) is 1. The second-order valence-corrected chi connectivity index (χ2v) is 6.55. The van der Waals surface area contributed by atoms with Crippen molar-refractivity contribution in [2.75, 3.05) is 12.4 Å². The molecule has 0 aromatic heterocycles. The highest BCUT2D eigenvalue weighted by molar-refractivity contribution is 6.03. The van der Waals surface area contributed by atoms with Gasteiger partial charge in [-0.1, -0.05) is 31.4 Å². The number of anilines is 1. The molecule has 2 N–H and O–H groups in total. The lowest BCUT2D eigenvalue weighted by Crippen LogP contribution is -2.38. The van der Waals surface area contributed by atoms with Crippen LogP contribution in [0.2, 0.25) is 0 Å². The molecule has 2 rings (SSSR count). The molecule has 0 saturated heterocycles. The minimum absolute atomic E-state index is 0.0432. The van der Waals surface area contributed by atoms with Crippen LogP contribution in [0.3, 0.4) is 0 Å². The number of hydrogen-bond acceptors (Lipinski definition) is 3. The van der Waals surface area contributed by atoms with E-state index in [1.165, 1.54) is 6.42 Å². The van der Waals surface area contributed by atoms with Crippen molar-refractivity contribution in [1.29, 1.82) is 0 Å². The van der Waals surface area contributed by atoms with E-state index in [9.17, 15) is 14.4 Å². The van der Waals surface area contributed by atoms with E-state index in [4.69, 9.17) is 5.11 Å². The highest BCUT2D eigenvalue weighted by Crippen LogP contribution is 2.25. The number of aliphatic carboxylic acids is 1. The summed E-state index contributed by atoms with van der Waals surface area (Å²) >= 11 is 0. The molecule has 0 atom stereocenters. The molecule has 0 radical (unpaired) electrons. The van der Waals surface area contributed by atoms with Crippen LogP contribution in [0.15, 0.2) is 24.3 Å². The summed E-state index contributed by atoms with van der Waals surface area (Å²) in [5.41, 5.74) is 0.956. The number of benzene rings is 1. The Labute approximate surface area is 148 Å². The molecule has 1 aromatic rings. The fraction of sp³-hybridized carbons (Fsp3) is 0.526.